The van der Waals surface area contributed by atoms with E-state index in [2.05, 4.69) is 27.5 Å². The molecule has 0 saturated heterocycles. The van der Waals surface area contributed by atoms with Gasteiger partial charge in [-0.25, -0.2) is 0 Å². The van der Waals surface area contributed by atoms with Gasteiger partial charge in [-0.3, -0.25) is 15.0 Å². The predicted octanol–water partition coefficient (Wildman–Crippen LogP) is 2.08. The maximum atomic E-state index is 12.2. The number of anilines is 1. The summed E-state index contributed by atoms with van der Waals surface area (Å²) in [5.74, 6) is 0.206. The summed E-state index contributed by atoms with van der Waals surface area (Å²) < 4.78 is 4.54. The van der Waals surface area contributed by atoms with Gasteiger partial charge < -0.3 is 15.0 Å². The third kappa shape index (κ3) is 6.88. The summed E-state index contributed by atoms with van der Waals surface area (Å²) in [7, 11) is 3.20. The minimum absolute atomic E-state index is 0.137. The lowest BCUT2D eigenvalue weighted by molar-refractivity contribution is -0.140. The van der Waals surface area contributed by atoms with Crippen molar-refractivity contribution in [3.8, 4) is 0 Å². The van der Waals surface area contributed by atoms with Crippen molar-refractivity contribution >= 4 is 41.1 Å². The van der Waals surface area contributed by atoms with E-state index in [1.165, 1.54) is 12.6 Å². The minimum atomic E-state index is -0.361. The van der Waals surface area contributed by atoms with E-state index in [9.17, 15) is 9.59 Å². The third-order valence-electron chi connectivity index (χ3n) is 3.45. The van der Waals surface area contributed by atoms with Gasteiger partial charge in [-0.1, -0.05) is 25.2 Å². The van der Waals surface area contributed by atoms with E-state index in [0.29, 0.717) is 5.56 Å². The van der Waals surface area contributed by atoms with Gasteiger partial charge in [0.25, 0.3) is 5.91 Å². The Balaban J connectivity index is 2.82. The van der Waals surface area contributed by atoms with Crippen molar-refractivity contribution in [1.29, 1.82) is 0 Å². The van der Waals surface area contributed by atoms with Gasteiger partial charge in [-0.2, -0.15) is 5.10 Å². The van der Waals surface area contributed by atoms with Crippen LogP contribution in [0.15, 0.2) is 29.4 Å². The molecule has 25 heavy (non-hydrogen) atoms. The average molecular weight is 364 g/mol. The Bertz CT molecular complexity index is 634. The Hall–Kier alpha value is -2.48. The molecule has 0 aromatic heterocycles. The summed E-state index contributed by atoms with van der Waals surface area (Å²) in [4.78, 5) is 25.2. The standard InChI is InChI=1S/C17H24N4O3S/c1-4-6-15(20-19-12-25)21(2)14-8-5-7-13(11-14)17(23)18-10-9-16(22)24-3/h5,7-8,11-12H,4,6,9-10H2,1-3H3,(H,18,23)(H,19,25)/b20-15-. The molecule has 0 fully saturated rings. The number of nitrogens with one attached hydrogen (secondary N) is 2. The van der Waals surface area contributed by atoms with Crippen LogP contribution in [0.25, 0.3) is 0 Å². The first-order valence-corrected chi connectivity index (χ1v) is 8.45. The lowest BCUT2D eigenvalue weighted by atomic mass is 10.1. The lowest BCUT2D eigenvalue weighted by Gasteiger charge is -2.21. The second-order valence-corrected chi connectivity index (χ2v) is 5.45. The number of nitrogens with zero attached hydrogens (tertiary/aromatic N) is 2. The molecule has 1 aromatic carbocycles. The van der Waals surface area contributed by atoms with Gasteiger partial charge in [0.15, 0.2) is 0 Å². The molecule has 0 atom stereocenters. The number of benzene rings is 1. The zero-order chi connectivity index (χ0) is 18.7. The fourth-order valence-electron chi connectivity index (χ4n) is 2.11. The molecular formula is C17H24N4O3S. The van der Waals surface area contributed by atoms with Crippen LogP contribution < -0.4 is 15.6 Å². The first-order chi connectivity index (χ1) is 12.0. The van der Waals surface area contributed by atoms with E-state index in [4.69, 9.17) is 12.2 Å². The lowest BCUT2D eigenvalue weighted by Crippen LogP contribution is -2.29. The Morgan fingerprint density at radius 1 is 1.36 bits per heavy atom. The minimum Gasteiger partial charge on any atom is -0.469 e. The first-order valence-electron chi connectivity index (χ1n) is 7.98. The van der Waals surface area contributed by atoms with Gasteiger partial charge >= 0.3 is 5.97 Å². The van der Waals surface area contributed by atoms with E-state index in [1.54, 1.807) is 18.2 Å². The Kier molecular flexibility index (Phi) is 9.16. The first kappa shape index (κ1) is 20.6. The molecule has 0 spiro atoms. The van der Waals surface area contributed by atoms with E-state index >= 15 is 0 Å². The molecule has 2 N–H and O–H groups in total. The fourth-order valence-corrected chi connectivity index (χ4v) is 2.16. The van der Waals surface area contributed by atoms with E-state index in [1.807, 2.05) is 18.0 Å². The highest BCUT2D eigenvalue weighted by Gasteiger charge is 2.12. The largest absolute Gasteiger partial charge is 0.469 e. The van der Waals surface area contributed by atoms with Gasteiger partial charge in [-0.05, 0) is 24.6 Å². The zero-order valence-corrected chi connectivity index (χ0v) is 15.6. The van der Waals surface area contributed by atoms with Crippen molar-refractivity contribution < 1.29 is 14.3 Å². The number of hydrogen-bond acceptors (Lipinski definition) is 5. The maximum Gasteiger partial charge on any atom is 0.307 e. The van der Waals surface area contributed by atoms with Gasteiger partial charge in [0, 0.05) is 31.3 Å². The van der Waals surface area contributed by atoms with Gasteiger partial charge in [0.1, 0.15) is 5.84 Å². The molecule has 0 saturated carbocycles. The number of hydrogen-bond donors (Lipinski definition) is 2. The van der Waals surface area contributed by atoms with Crippen molar-refractivity contribution in [1.82, 2.24) is 10.7 Å². The molecule has 1 rings (SSSR count). The van der Waals surface area contributed by atoms with Crippen molar-refractivity contribution in [2.75, 3.05) is 25.6 Å². The number of amides is 1. The Labute approximate surface area is 153 Å². The molecule has 0 radical (unpaired) electrons. The van der Waals surface area contributed by atoms with Gasteiger partial charge in [-0.15, -0.1) is 0 Å². The molecular weight excluding hydrogens is 340 g/mol. The van der Waals surface area contributed by atoms with Crippen LogP contribution in [0.4, 0.5) is 5.69 Å². The number of carbonyl (C=O) groups excluding carboxylic acids is 2. The smallest absolute Gasteiger partial charge is 0.307 e. The highest BCUT2D eigenvalue weighted by molar-refractivity contribution is 7.78. The molecule has 7 nitrogen and oxygen atoms in total. The van der Waals surface area contributed by atoms with Crippen molar-refractivity contribution in [2.45, 2.75) is 26.2 Å². The number of ether oxygens (including phenoxy) is 1. The molecule has 0 aliphatic rings. The molecule has 0 aliphatic heterocycles. The normalized spacial score (nSPS) is 10.8. The SMILES string of the molecule is CCC/C(=N/NC=S)N(C)c1cccc(C(=O)NCCC(=O)OC)c1. The van der Waals surface area contributed by atoms with Crippen LogP contribution in [0.1, 0.15) is 36.5 Å². The Morgan fingerprint density at radius 3 is 2.76 bits per heavy atom. The molecule has 0 unspecified atom stereocenters. The number of rotatable bonds is 9. The van der Waals surface area contributed by atoms with Crippen LogP contribution in [-0.2, 0) is 9.53 Å². The summed E-state index contributed by atoms with van der Waals surface area (Å²) in [6.07, 6.45) is 1.83. The summed E-state index contributed by atoms with van der Waals surface area (Å²) >= 11 is 4.73. The monoisotopic (exact) mass is 364 g/mol. The van der Waals surface area contributed by atoms with E-state index < -0.39 is 0 Å². The fraction of sp³-hybridized carbons (Fsp3) is 0.412. The Morgan fingerprint density at radius 2 is 2.12 bits per heavy atom. The molecule has 0 bridgehead atoms. The summed E-state index contributed by atoms with van der Waals surface area (Å²) in [5.41, 5.74) is 5.36. The number of esters is 1. The van der Waals surface area contributed by atoms with Crippen molar-refractivity contribution in [2.24, 2.45) is 5.10 Å². The number of methoxy groups -OCH3 is 1. The summed E-state index contributed by atoms with van der Waals surface area (Å²) in [6, 6.07) is 7.19. The number of carbonyl (C=O) groups is 2. The molecule has 8 heteroatoms. The quantitative estimate of drug-likeness (QED) is 0.229. The maximum absolute atomic E-state index is 12.2. The highest BCUT2D eigenvalue weighted by Crippen LogP contribution is 2.17. The van der Waals surface area contributed by atoms with Crippen LogP contribution in [0.2, 0.25) is 0 Å². The van der Waals surface area contributed by atoms with Crippen molar-refractivity contribution in [3.05, 3.63) is 29.8 Å². The molecule has 1 amide bonds. The number of thiocarbonyl (C=S) groups is 1. The number of amidine groups is 1. The van der Waals surface area contributed by atoms with Crippen molar-refractivity contribution in [3.63, 3.8) is 0 Å². The van der Waals surface area contributed by atoms with Crippen LogP contribution in [0.3, 0.4) is 0 Å². The van der Waals surface area contributed by atoms with E-state index in [-0.39, 0.29) is 24.8 Å². The van der Waals surface area contributed by atoms with Crippen LogP contribution in [0, 0.1) is 0 Å². The molecule has 0 aliphatic carbocycles. The number of hydrazone groups is 1. The second kappa shape index (κ2) is 11.1. The van der Waals surface area contributed by atoms with E-state index in [0.717, 1.165) is 24.4 Å². The highest BCUT2D eigenvalue weighted by atomic mass is 32.1. The summed E-state index contributed by atoms with van der Waals surface area (Å²) in [6.45, 7) is 2.29. The molecule has 1 aromatic rings. The average Bonchev–Trinajstić information content (AvgIpc) is 2.64. The molecule has 0 heterocycles. The van der Waals surface area contributed by atoms with Crippen LogP contribution in [0.5, 0.6) is 0 Å². The van der Waals surface area contributed by atoms with Crippen LogP contribution in [-0.4, -0.2) is 43.9 Å². The van der Waals surface area contributed by atoms with Gasteiger partial charge in [0.2, 0.25) is 0 Å². The second-order valence-electron chi connectivity index (χ2n) is 5.22. The topological polar surface area (TPSA) is 83.0 Å². The summed E-state index contributed by atoms with van der Waals surface area (Å²) in [5, 5.41) is 6.94. The third-order valence-corrected chi connectivity index (χ3v) is 3.55. The zero-order valence-electron chi connectivity index (χ0n) is 14.7. The van der Waals surface area contributed by atoms with Gasteiger partial charge in [0.05, 0.1) is 19.0 Å². The van der Waals surface area contributed by atoms with Crippen LogP contribution >= 0.6 is 12.2 Å². The molecule has 136 valence electrons. The predicted molar refractivity (Wildman–Crippen MR) is 103 cm³/mol.